The second-order valence-corrected chi connectivity index (χ2v) is 20.7. The molecule has 16 rings (SSSR count). The van der Waals surface area contributed by atoms with Crippen molar-refractivity contribution < 1.29 is 4.74 Å². The lowest BCUT2D eigenvalue weighted by Gasteiger charge is -2.33. The molecule has 0 fully saturated rings. The van der Waals surface area contributed by atoms with E-state index >= 15 is 0 Å². The average molecular weight is 993 g/mol. The van der Waals surface area contributed by atoms with Crippen molar-refractivity contribution in [3.8, 4) is 61.7 Å². The van der Waals surface area contributed by atoms with Crippen LogP contribution in [0, 0.1) is 0 Å². The first-order valence-corrected chi connectivity index (χ1v) is 26.9. The van der Waals surface area contributed by atoms with Gasteiger partial charge in [0.2, 0.25) is 0 Å². The van der Waals surface area contributed by atoms with E-state index < -0.39 is 5.41 Å². The Morgan fingerprint density at radius 2 is 0.833 bits per heavy atom. The zero-order chi connectivity index (χ0) is 51.3. The monoisotopic (exact) mass is 992 g/mol. The van der Waals surface area contributed by atoms with Gasteiger partial charge in [0.15, 0.2) is 11.5 Å². The molecule has 0 spiro atoms. The van der Waals surface area contributed by atoms with Crippen molar-refractivity contribution in [3.63, 3.8) is 0 Å². The largest absolute Gasteiger partial charge is 0.453 e. The second-order valence-electron chi connectivity index (χ2n) is 20.7. The Balaban J connectivity index is 0.820. The van der Waals surface area contributed by atoms with E-state index in [2.05, 4.69) is 301 Å². The SMILES string of the molecule is c1ccc(-c2ccc3c(c2)Oc2cc(-c4ccc5c(c4)c4ccccc4n5-c4ccc5ccc6c(c5c4)-c4ccccc4C6(c4ccccc4)c4ccccc4)ccc2N3c2ccc(-c3cccc4ccccc34)cc2)cc1. The molecule has 0 amide bonds. The summed E-state index contributed by atoms with van der Waals surface area (Å²) in [5, 5.41) is 7.35. The molecule has 14 aromatic rings. The first-order valence-electron chi connectivity index (χ1n) is 26.9. The van der Waals surface area contributed by atoms with Gasteiger partial charge in [-0.05, 0) is 155 Å². The lowest BCUT2D eigenvalue weighted by molar-refractivity contribution is 0.477. The number of benzene rings is 13. The average Bonchev–Trinajstić information content (AvgIpc) is 4.04. The van der Waals surface area contributed by atoms with Crippen LogP contribution in [0.3, 0.4) is 0 Å². The molecule has 0 N–H and O–H groups in total. The summed E-state index contributed by atoms with van der Waals surface area (Å²) < 4.78 is 9.48. The van der Waals surface area contributed by atoms with Gasteiger partial charge < -0.3 is 14.2 Å². The molecule has 13 aromatic carbocycles. The van der Waals surface area contributed by atoms with E-state index in [1.54, 1.807) is 0 Å². The molecule has 0 radical (unpaired) electrons. The van der Waals surface area contributed by atoms with E-state index in [-0.39, 0.29) is 0 Å². The number of fused-ring (bicyclic) bond motifs is 11. The lowest BCUT2D eigenvalue weighted by Crippen LogP contribution is -2.28. The molecule has 3 heteroatoms. The summed E-state index contributed by atoms with van der Waals surface area (Å²) in [7, 11) is 0. The number of para-hydroxylation sites is 1. The van der Waals surface area contributed by atoms with Crippen LogP contribution in [0.15, 0.2) is 291 Å². The van der Waals surface area contributed by atoms with Gasteiger partial charge in [0.1, 0.15) is 0 Å². The quantitative estimate of drug-likeness (QED) is 0.158. The molecular formula is C75H48N2O. The fraction of sp³-hybridized carbons (Fsp3) is 0.0133. The third-order valence-electron chi connectivity index (χ3n) is 16.6. The van der Waals surface area contributed by atoms with Crippen LogP contribution in [0.2, 0.25) is 0 Å². The summed E-state index contributed by atoms with van der Waals surface area (Å²) >= 11 is 0. The zero-order valence-electron chi connectivity index (χ0n) is 42.5. The van der Waals surface area contributed by atoms with Crippen molar-refractivity contribution in [2.75, 3.05) is 4.90 Å². The maximum absolute atomic E-state index is 7.02. The summed E-state index contributed by atoms with van der Waals surface area (Å²) in [6.07, 6.45) is 0. The highest BCUT2D eigenvalue weighted by molar-refractivity contribution is 6.12. The molecule has 1 aliphatic heterocycles. The van der Waals surface area contributed by atoms with Crippen molar-refractivity contribution in [3.05, 3.63) is 313 Å². The van der Waals surface area contributed by atoms with E-state index in [1.165, 1.54) is 82.3 Å². The van der Waals surface area contributed by atoms with Gasteiger partial charge in [-0.3, -0.25) is 0 Å². The Morgan fingerprint density at radius 1 is 0.295 bits per heavy atom. The van der Waals surface area contributed by atoms with Crippen LogP contribution >= 0.6 is 0 Å². The summed E-state index contributed by atoms with van der Waals surface area (Å²) in [5.41, 5.74) is 20.6. The smallest absolute Gasteiger partial charge is 0.152 e. The van der Waals surface area contributed by atoms with Crippen molar-refractivity contribution in [1.29, 1.82) is 0 Å². The number of hydrogen-bond donors (Lipinski definition) is 0. The second kappa shape index (κ2) is 17.4. The number of ether oxygens (including phenoxy) is 1. The molecule has 0 saturated heterocycles. The van der Waals surface area contributed by atoms with Crippen molar-refractivity contribution in [2.45, 2.75) is 5.41 Å². The van der Waals surface area contributed by atoms with Gasteiger partial charge >= 0.3 is 0 Å². The first kappa shape index (κ1) is 44.1. The Morgan fingerprint density at radius 3 is 1.59 bits per heavy atom. The Hall–Kier alpha value is -10.2. The fourth-order valence-corrected chi connectivity index (χ4v) is 13.2. The van der Waals surface area contributed by atoms with Gasteiger partial charge in [-0.25, -0.2) is 0 Å². The van der Waals surface area contributed by atoms with Gasteiger partial charge in [-0.1, -0.05) is 224 Å². The highest BCUT2D eigenvalue weighted by Crippen LogP contribution is 2.58. The van der Waals surface area contributed by atoms with Crippen molar-refractivity contribution in [1.82, 2.24) is 4.57 Å². The van der Waals surface area contributed by atoms with Crippen LogP contribution in [0.5, 0.6) is 11.5 Å². The molecule has 0 atom stereocenters. The summed E-state index contributed by atoms with van der Waals surface area (Å²) in [4.78, 5) is 2.34. The third kappa shape index (κ3) is 6.65. The minimum absolute atomic E-state index is 0.472. The van der Waals surface area contributed by atoms with Crippen LogP contribution in [-0.4, -0.2) is 4.57 Å². The molecule has 1 aromatic heterocycles. The first-order chi connectivity index (χ1) is 38.7. The van der Waals surface area contributed by atoms with E-state index in [4.69, 9.17) is 4.74 Å². The fourth-order valence-electron chi connectivity index (χ4n) is 13.2. The van der Waals surface area contributed by atoms with Gasteiger partial charge in [-0.15, -0.1) is 0 Å². The number of nitrogens with zero attached hydrogens (tertiary/aromatic N) is 2. The van der Waals surface area contributed by atoms with Crippen LogP contribution in [-0.2, 0) is 5.41 Å². The molecule has 2 heterocycles. The van der Waals surface area contributed by atoms with Gasteiger partial charge in [0.05, 0.1) is 27.8 Å². The normalized spacial score (nSPS) is 13.1. The van der Waals surface area contributed by atoms with E-state index in [9.17, 15) is 0 Å². The molecule has 0 unspecified atom stereocenters. The van der Waals surface area contributed by atoms with Crippen molar-refractivity contribution >= 4 is 60.4 Å². The predicted octanol–water partition coefficient (Wildman–Crippen LogP) is 20.0. The Kier molecular flexibility index (Phi) is 9.85. The summed E-state index contributed by atoms with van der Waals surface area (Å²) in [5.74, 6) is 1.62. The Labute approximate surface area is 452 Å². The minimum Gasteiger partial charge on any atom is -0.453 e. The van der Waals surface area contributed by atoms with Crippen LogP contribution in [0.1, 0.15) is 22.3 Å². The number of rotatable bonds is 7. The topological polar surface area (TPSA) is 17.4 Å². The zero-order valence-corrected chi connectivity index (χ0v) is 42.5. The van der Waals surface area contributed by atoms with Crippen LogP contribution < -0.4 is 9.64 Å². The molecule has 364 valence electrons. The summed E-state index contributed by atoms with van der Waals surface area (Å²) in [6, 6.07) is 107. The van der Waals surface area contributed by atoms with Gasteiger partial charge in [0.25, 0.3) is 0 Å². The van der Waals surface area contributed by atoms with Crippen LogP contribution in [0.4, 0.5) is 17.1 Å². The molecular weight excluding hydrogens is 945 g/mol. The molecule has 3 nitrogen and oxygen atoms in total. The summed E-state index contributed by atoms with van der Waals surface area (Å²) in [6.45, 7) is 0. The van der Waals surface area contributed by atoms with E-state index in [1.807, 2.05) is 0 Å². The van der Waals surface area contributed by atoms with Crippen molar-refractivity contribution in [2.24, 2.45) is 0 Å². The maximum Gasteiger partial charge on any atom is 0.152 e. The van der Waals surface area contributed by atoms with E-state index in [0.717, 1.165) is 62.0 Å². The highest BCUT2D eigenvalue weighted by atomic mass is 16.5. The molecule has 1 aliphatic carbocycles. The molecule has 78 heavy (non-hydrogen) atoms. The highest BCUT2D eigenvalue weighted by Gasteiger charge is 2.46. The Bertz CT molecular complexity index is 4650. The maximum atomic E-state index is 7.02. The molecule has 2 aliphatic rings. The van der Waals surface area contributed by atoms with Gasteiger partial charge in [0, 0.05) is 22.1 Å². The predicted molar refractivity (Wildman–Crippen MR) is 324 cm³/mol. The van der Waals surface area contributed by atoms with Gasteiger partial charge in [-0.2, -0.15) is 0 Å². The molecule has 0 bridgehead atoms. The minimum atomic E-state index is -0.472. The number of anilines is 3. The van der Waals surface area contributed by atoms with Crippen LogP contribution in [0.25, 0.3) is 93.5 Å². The van der Waals surface area contributed by atoms with E-state index in [0.29, 0.717) is 0 Å². The molecule has 0 saturated carbocycles. The third-order valence-corrected chi connectivity index (χ3v) is 16.6. The standard InChI is InChI=1S/C75H48N2O/c1-4-17-49(18-5-1)54-36-43-70-72(46-54)78-73-47-55(37-44-71(73)76(70)58-38-31-51(32-39-58)61-28-16-20-50-19-10-11-25-60(50)61)53-35-42-69-65(45-53)62-26-13-15-30-68(62)77(69)59-40-33-52-34-41-67-74(64(52)48-59)63-27-12-14-29-66(63)75(67,56-21-6-2-7-22-56)57-23-8-3-9-24-57/h1-48H. The lowest BCUT2D eigenvalue weighted by atomic mass is 9.67. The number of aromatic nitrogens is 1. The number of hydrogen-bond acceptors (Lipinski definition) is 2.